The molecule has 3 rings (SSSR count). The highest BCUT2D eigenvalue weighted by Crippen LogP contribution is 2.13. The van der Waals surface area contributed by atoms with Crippen LogP contribution in [0.5, 0.6) is 5.75 Å². The molecule has 0 fully saturated rings. The number of thiazole rings is 1. The lowest BCUT2D eigenvalue weighted by Gasteiger charge is -2.05. The fraction of sp³-hybridized carbons (Fsp3) is 0.0714. The number of nitrogens with zero attached hydrogens (tertiary/aromatic N) is 2. The average molecular weight is 286 g/mol. The van der Waals surface area contributed by atoms with Crippen LogP contribution in [0.3, 0.4) is 0 Å². The molecule has 0 saturated heterocycles. The molecule has 0 amide bonds. The van der Waals surface area contributed by atoms with Crippen molar-refractivity contribution in [1.82, 2.24) is 9.38 Å². The number of fused-ring (bicyclic) bond motifs is 1. The molecule has 2 aromatic heterocycles. The Morgan fingerprint density at radius 3 is 2.85 bits per heavy atom. The zero-order chi connectivity index (χ0) is 13.9. The lowest BCUT2D eigenvalue weighted by Crippen LogP contribution is -2.14. The first-order chi connectivity index (χ1) is 9.76. The third-order valence-corrected chi connectivity index (χ3v) is 3.52. The Kier molecular flexibility index (Phi) is 3.30. The molecule has 0 aliphatic heterocycles. The van der Waals surface area contributed by atoms with Gasteiger partial charge in [-0.1, -0.05) is 0 Å². The quantitative estimate of drug-likeness (QED) is 0.689. The van der Waals surface area contributed by atoms with E-state index in [2.05, 4.69) is 4.98 Å². The predicted octanol–water partition coefficient (Wildman–Crippen LogP) is 2.15. The van der Waals surface area contributed by atoms with Gasteiger partial charge in [0.25, 0.3) is 5.56 Å². The number of aldehydes is 1. The monoisotopic (exact) mass is 286 g/mol. The van der Waals surface area contributed by atoms with Gasteiger partial charge in [0.05, 0.1) is 5.69 Å². The van der Waals surface area contributed by atoms with Crippen molar-refractivity contribution < 1.29 is 9.53 Å². The van der Waals surface area contributed by atoms with Crippen molar-refractivity contribution in [2.75, 3.05) is 0 Å². The van der Waals surface area contributed by atoms with E-state index in [0.29, 0.717) is 22.0 Å². The molecule has 3 aromatic rings. The van der Waals surface area contributed by atoms with Gasteiger partial charge < -0.3 is 4.74 Å². The highest BCUT2D eigenvalue weighted by molar-refractivity contribution is 7.15. The smallest absolute Gasteiger partial charge is 0.258 e. The highest BCUT2D eigenvalue weighted by atomic mass is 32.1. The van der Waals surface area contributed by atoms with E-state index in [0.717, 1.165) is 6.29 Å². The summed E-state index contributed by atoms with van der Waals surface area (Å²) in [5, 5.41) is 1.81. The topological polar surface area (TPSA) is 60.7 Å². The lowest BCUT2D eigenvalue weighted by molar-refractivity contribution is 0.112. The zero-order valence-electron chi connectivity index (χ0n) is 10.4. The number of ether oxygens (including phenoxy) is 1. The minimum absolute atomic E-state index is 0.119. The fourth-order valence-corrected chi connectivity index (χ4v) is 2.50. The maximum absolute atomic E-state index is 11.8. The SMILES string of the molecule is O=Cc1ccc(OCc2cc(=O)n3ccsc3n2)cc1. The number of carbonyl (C=O) groups excluding carboxylic acids is 1. The van der Waals surface area contributed by atoms with Gasteiger partial charge in [-0.2, -0.15) is 0 Å². The van der Waals surface area contributed by atoms with Crippen molar-refractivity contribution in [2.45, 2.75) is 6.61 Å². The van der Waals surface area contributed by atoms with E-state index in [1.807, 2.05) is 5.38 Å². The molecule has 100 valence electrons. The molecular formula is C14H10N2O3S. The molecule has 0 saturated carbocycles. The normalized spacial score (nSPS) is 10.6. The molecule has 0 radical (unpaired) electrons. The molecule has 0 aliphatic rings. The van der Waals surface area contributed by atoms with Crippen molar-refractivity contribution in [1.29, 1.82) is 0 Å². The third-order valence-electron chi connectivity index (χ3n) is 2.76. The van der Waals surface area contributed by atoms with Crippen LogP contribution in [0.15, 0.2) is 46.7 Å². The first-order valence-corrected chi connectivity index (χ1v) is 6.78. The number of hydrogen-bond donors (Lipinski definition) is 0. The summed E-state index contributed by atoms with van der Waals surface area (Å²) >= 11 is 1.40. The second-order valence-corrected chi connectivity index (χ2v) is 4.99. The van der Waals surface area contributed by atoms with Crippen LogP contribution in [0.25, 0.3) is 4.96 Å². The molecule has 20 heavy (non-hydrogen) atoms. The van der Waals surface area contributed by atoms with Crippen LogP contribution in [0.4, 0.5) is 0 Å². The summed E-state index contributed by atoms with van der Waals surface area (Å²) in [6, 6.07) is 8.22. The summed E-state index contributed by atoms with van der Waals surface area (Å²) in [6.45, 7) is 0.212. The van der Waals surface area contributed by atoms with Crippen molar-refractivity contribution in [3.05, 3.63) is 63.5 Å². The maximum atomic E-state index is 11.8. The van der Waals surface area contributed by atoms with E-state index in [1.165, 1.54) is 21.8 Å². The second-order valence-electron chi connectivity index (χ2n) is 4.12. The summed E-state index contributed by atoms with van der Waals surface area (Å²) in [6.07, 6.45) is 2.47. The average Bonchev–Trinajstić information content (AvgIpc) is 2.94. The summed E-state index contributed by atoms with van der Waals surface area (Å²) in [4.78, 5) is 27.3. The minimum Gasteiger partial charge on any atom is -0.487 e. The van der Waals surface area contributed by atoms with Crippen molar-refractivity contribution in [2.24, 2.45) is 0 Å². The van der Waals surface area contributed by atoms with Crippen LogP contribution >= 0.6 is 11.3 Å². The molecular weight excluding hydrogens is 276 g/mol. The Bertz CT molecular complexity index is 805. The maximum Gasteiger partial charge on any atom is 0.258 e. The predicted molar refractivity (Wildman–Crippen MR) is 75.5 cm³/mol. The Morgan fingerprint density at radius 2 is 2.10 bits per heavy atom. The van der Waals surface area contributed by atoms with Crippen molar-refractivity contribution >= 4 is 22.6 Å². The Morgan fingerprint density at radius 1 is 1.30 bits per heavy atom. The van der Waals surface area contributed by atoms with E-state index < -0.39 is 0 Å². The summed E-state index contributed by atoms with van der Waals surface area (Å²) in [5.74, 6) is 0.628. The zero-order valence-corrected chi connectivity index (χ0v) is 11.2. The van der Waals surface area contributed by atoms with Gasteiger partial charge in [0.15, 0.2) is 4.96 Å². The number of benzene rings is 1. The Labute approximate surface area is 118 Å². The van der Waals surface area contributed by atoms with Gasteiger partial charge in [-0.3, -0.25) is 14.0 Å². The largest absolute Gasteiger partial charge is 0.487 e. The molecule has 0 aliphatic carbocycles. The minimum atomic E-state index is -0.119. The van der Waals surface area contributed by atoms with Gasteiger partial charge >= 0.3 is 0 Å². The first-order valence-electron chi connectivity index (χ1n) is 5.90. The van der Waals surface area contributed by atoms with E-state index in [-0.39, 0.29) is 12.2 Å². The van der Waals surface area contributed by atoms with Gasteiger partial charge in [0.1, 0.15) is 18.6 Å². The van der Waals surface area contributed by atoms with E-state index >= 15 is 0 Å². The van der Waals surface area contributed by atoms with Gasteiger partial charge in [-0.05, 0) is 24.3 Å². The van der Waals surface area contributed by atoms with Crippen LogP contribution in [0, 0.1) is 0 Å². The van der Waals surface area contributed by atoms with E-state index in [4.69, 9.17) is 4.74 Å². The number of aromatic nitrogens is 2. The summed E-state index contributed by atoms with van der Waals surface area (Å²) in [7, 11) is 0. The van der Waals surface area contributed by atoms with E-state index in [9.17, 15) is 9.59 Å². The Hall–Kier alpha value is -2.47. The molecule has 0 N–H and O–H groups in total. The Balaban J connectivity index is 1.78. The van der Waals surface area contributed by atoms with Crippen molar-refractivity contribution in [3.8, 4) is 5.75 Å². The highest BCUT2D eigenvalue weighted by Gasteiger charge is 2.04. The molecule has 1 aromatic carbocycles. The molecule has 2 heterocycles. The van der Waals surface area contributed by atoms with Crippen LogP contribution < -0.4 is 10.3 Å². The van der Waals surface area contributed by atoms with Crippen LogP contribution in [0.2, 0.25) is 0 Å². The molecule has 0 bridgehead atoms. The standard InChI is InChI=1S/C14H10N2O3S/c17-8-10-1-3-12(4-2-10)19-9-11-7-13(18)16-5-6-20-14(16)15-11/h1-8H,9H2. The molecule has 6 heteroatoms. The number of hydrogen-bond acceptors (Lipinski definition) is 5. The number of rotatable bonds is 4. The number of carbonyl (C=O) groups is 1. The van der Waals surface area contributed by atoms with Gasteiger partial charge in [-0.15, -0.1) is 11.3 Å². The van der Waals surface area contributed by atoms with Crippen molar-refractivity contribution in [3.63, 3.8) is 0 Å². The van der Waals surface area contributed by atoms with Gasteiger partial charge in [0.2, 0.25) is 0 Å². The van der Waals surface area contributed by atoms with Crippen LogP contribution in [-0.2, 0) is 6.61 Å². The molecule has 5 nitrogen and oxygen atoms in total. The van der Waals surface area contributed by atoms with Gasteiger partial charge in [0, 0.05) is 23.2 Å². The van der Waals surface area contributed by atoms with Gasteiger partial charge in [-0.25, -0.2) is 4.98 Å². The van der Waals surface area contributed by atoms with E-state index in [1.54, 1.807) is 30.5 Å². The molecule has 0 unspecified atom stereocenters. The molecule has 0 atom stereocenters. The fourth-order valence-electron chi connectivity index (χ4n) is 1.76. The lowest BCUT2D eigenvalue weighted by atomic mass is 10.2. The van der Waals surface area contributed by atoms with Crippen LogP contribution in [-0.4, -0.2) is 15.7 Å². The summed E-state index contributed by atoms with van der Waals surface area (Å²) in [5.41, 5.74) is 1.05. The summed E-state index contributed by atoms with van der Waals surface area (Å²) < 4.78 is 7.04. The first kappa shape index (κ1) is 12.6. The van der Waals surface area contributed by atoms with Crippen LogP contribution in [0.1, 0.15) is 16.1 Å². The molecule has 0 spiro atoms. The third kappa shape index (κ3) is 2.46. The second kappa shape index (κ2) is 5.26.